The van der Waals surface area contributed by atoms with Crippen LogP contribution in [0.15, 0.2) is 83.8 Å². The number of imide groups is 1. The van der Waals surface area contributed by atoms with E-state index in [1.165, 1.54) is 29.2 Å². The van der Waals surface area contributed by atoms with Gasteiger partial charge in [-0.3, -0.25) is 24.0 Å². The van der Waals surface area contributed by atoms with E-state index in [4.69, 9.17) is 0 Å². The van der Waals surface area contributed by atoms with Gasteiger partial charge in [0.2, 0.25) is 5.91 Å². The minimum Gasteiger partial charge on any atom is -0.322 e. The van der Waals surface area contributed by atoms with Crippen LogP contribution in [0, 0.1) is 0 Å². The van der Waals surface area contributed by atoms with Gasteiger partial charge in [-0.25, -0.2) is 8.42 Å². The predicted molar refractivity (Wildman–Crippen MR) is 126 cm³/mol. The third-order valence-corrected chi connectivity index (χ3v) is 7.10. The molecule has 1 aliphatic heterocycles. The smallest absolute Gasteiger partial charge is 0.289 e. The Morgan fingerprint density at radius 2 is 1.55 bits per heavy atom. The Kier molecular flexibility index (Phi) is 6.47. The van der Waals surface area contributed by atoms with E-state index in [9.17, 15) is 22.8 Å². The molecule has 0 unspecified atom stereocenters. The van der Waals surface area contributed by atoms with E-state index in [0.29, 0.717) is 16.9 Å². The summed E-state index contributed by atoms with van der Waals surface area (Å²) < 4.78 is 27.5. The highest BCUT2D eigenvalue weighted by atomic mass is 32.2. The number of sulfonamides is 1. The molecule has 0 spiro atoms. The summed E-state index contributed by atoms with van der Waals surface area (Å²) in [6, 6.07) is 20.9. The van der Waals surface area contributed by atoms with Crippen LogP contribution in [0.5, 0.6) is 0 Å². The third-order valence-electron chi connectivity index (χ3n) is 4.85. The molecule has 0 bridgehead atoms. The van der Waals surface area contributed by atoms with Gasteiger partial charge in [0.05, 0.1) is 17.2 Å². The molecule has 3 aromatic carbocycles. The molecule has 0 radical (unpaired) electrons. The lowest BCUT2D eigenvalue weighted by atomic mass is 10.1. The number of thioether (sulfide) groups is 1. The number of nitrogens with one attached hydrogen (secondary N) is 2. The highest BCUT2D eigenvalue weighted by Crippen LogP contribution is 2.22. The van der Waals surface area contributed by atoms with Crippen molar-refractivity contribution in [1.29, 1.82) is 0 Å². The van der Waals surface area contributed by atoms with Gasteiger partial charge in [0.1, 0.15) is 0 Å². The topological polar surface area (TPSA) is 113 Å². The van der Waals surface area contributed by atoms with Gasteiger partial charge in [0, 0.05) is 16.9 Å². The quantitative estimate of drug-likeness (QED) is 0.529. The number of amides is 3. The Morgan fingerprint density at radius 1 is 0.879 bits per heavy atom. The number of carbonyl (C=O) groups excluding carboxylic acids is 3. The Morgan fingerprint density at radius 3 is 2.15 bits per heavy atom. The van der Waals surface area contributed by atoms with Gasteiger partial charge in [-0.05, 0) is 54.1 Å². The summed E-state index contributed by atoms with van der Waals surface area (Å²) >= 11 is 0.983. The molecule has 3 aromatic rings. The average molecular weight is 482 g/mol. The fourth-order valence-corrected chi connectivity index (χ4v) is 4.90. The van der Waals surface area contributed by atoms with Crippen LogP contribution in [0.25, 0.3) is 0 Å². The van der Waals surface area contributed by atoms with Gasteiger partial charge < -0.3 is 5.32 Å². The molecule has 1 fully saturated rings. The van der Waals surface area contributed by atoms with Crippen molar-refractivity contribution in [1.82, 2.24) is 4.90 Å². The molecule has 1 heterocycles. The number of nitrogens with zero attached hydrogens (tertiary/aromatic N) is 1. The molecule has 4 rings (SSSR count). The molecule has 0 saturated carbocycles. The monoisotopic (exact) mass is 481 g/mol. The maximum atomic E-state index is 12.5. The van der Waals surface area contributed by atoms with Crippen molar-refractivity contribution in [3.8, 4) is 0 Å². The van der Waals surface area contributed by atoms with Crippen molar-refractivity contribution in [3.05, 3.63) is 90.0 Å². The van der Waals surface area contributed by atoms with Crippen molar-refractivity contribution in [2.24, 2.45) is 0 Å². The van der Waals surface area contributed by atoms with E-state index in [1.807, 2.05) is 0 Å². The van der Waals surface area contributed by atoms with Gasteiger partial charge in [0.25, 0.3) is 21.2 Å². The maximum absolute atomic E-state index is 12.5. The predicted octanol–water partition coefficient (Wildman–Crippen LogP) is 3.94. The zero-order chi connectivity index (χ0) is 23.4. The lowest BCUT2D eigenvalue weighted by molar-refractivity contribution is -0.125. The lowest BCUT2D eigenvalue weighted by Gasteiger charge is -2.13. The Labute approximate surface area is 195 Å². The summed E-state index contributed by atoms with van der Waals surface area (Å²) in [7, 11) is -3.77. The highest BCUT2D eigenvalue weighted by molar-refractivity contribution is 8.14. The van der Waals surface area contributed by atoms with Crippen LogP contribution in [-0.4, -0.2) is 36.1 Å². The molecular weight excluding hydrogens is 462 g/mol. The summed E-state index contributed by atoms with van der Waals surface area (Å²) in [5, 5.41) is 2.48. The lowest BCUT2D eigenvalue weighted by Crippen LogP contribution is -2.27. The number of anilines is 2. The van der Waals surface area contributed by atoms with Crippen LogP contribution in [-0.2, 0) is 21.4 Å². The summed E-state index contributed by atoms with van der Waals surface area (Å²) in [5.41, 5.74) is 2.03. The minimum atomic E-state index is -3.77. The average Bonchev–Trinajstić information content (AvgIpc) is 3.13. The number of carbonyl (C=O) groups is 3. The molecule has 2 N–H and O–H groups in total. The molecule has 168 valence electrons. The highest BCUT2D eigenvalue weighted by Gasteiger charge is 2.29. The molecule has 3 amide bonds. The second-order valence-corrected chi connectivity index (χ2v) is 9.79. The summed E-state index contributed by atoms with van der Waals surface area (Å²) in [4.78, 5) is 37.2. The number of hydrogen-bond acceptors (Lipinski definition) is 6. The zero-order valence-electron chi connectivity index (χ0n) is 17.2. The second kappa shape index (κ2) is 9.47. The molecular formula is C23H19N3O5S2. The van der Waals surface area contributed by atoms with Gasteiger partial charge in [0.15, 0.2) is 0 Å². The SMILES string of the molecule is O=C(Nc1ccc(CN2C(=O)CSC2=O)cc1)c1ccc(S(=O)(=O)Nc2ccccc2)cc1. The Bertz CT molecular complexity index is 1280. The molecule has 10 heteroatoms. The molecule has 0 aliphatic carbocycles. The first-order valence-corrected chi connectivity index (χ1v) is 12.3. The molecule has 8 nitrogen and oxygen atoms in total. The van der Waals surface area contributed by atoms with Crippen molar-refractivity contribution < 1.29 is 22.8 Å². The maximum Gasteiger partial charge on any atom is 0.289 e. The van der Waals surface area contributed by atoms with Crippen molar-refractivity contribution in [3.63, 3.8) is 0 Å². The van der Waals surface area contributed by atoms with E-state index in [0.717, 1.165) is 17.3 Å². The fourth-order valence-electron chi connectivity index (χ4n) is 3.12. The van der Waals surface area contributed by atoms with Crippen molar-refractivity contribution >= 4 is 50.2 Å². The Hall–Kier alpha value is -3.63. The van der Waals surface area contributed by atoms with Crippen LogP contribution in [0.2, 0.25) is 0 Å². The normalized spacial score (nSPS) is 13.8. The molecule has 1 aliphatic rings. The fraction of sp³-hybridized carbons (Fsp3) is 0.0870. The minimum absolute atomic E-state index is 0.0384. The first kappa shape index (κ1) is 22.6. The molecule has 0 aromatic heterocycles. The summed E-state index contributed by atoms with van der Waals surface area (Å²) in [6.07, 6.45) is 0. The van der Waals surface area contributed by atoms with Crippen molar-refractivity contribution in [2.45, 2.75) is 11.4 Å². The standard InChI is InChI=1S/C23H19N3O5S2/c27-21-15-32-23(29)26(21)14-16-6-10-18(11-7-16)24-22(28)17-8-12-20(13-9-17)33(30,31)25-19-4-2-1-3-5-19/h1-13,25H,14-15H2,(H,24,28). The number of rotatable bonds is 7. The van der Waals surface area contributed by atoms with E-state index in [-0.39, 0.29) is 28.3 Å². The molecule has 33 heavy (non-hydrogen) atoms. The third kappa shape index (κ3) is 5.41. The van der Waals surface area contributed by atoms with E-state index in [1.54, 1.807) is 54.6 Å². The van der Waals surface area contributed by atoms with E-state index < -0.39 is 15.9 Å². The van der Waals surface area contributed by atoms with Gasteiger partial charge >= 0.3 is 0 Å². The first-order valence-electron chi connectivity index (χ1n) is 9.87. The second-order valence-electron chi connectivity index (χ2n) is 7.18. The van der Waals surface area contributed by atoms with Crippen LogP contribution in [0.4, 0.5) is 16.2 Å². The van der Waals surface area contributed by atoms with Gasteiger partial charge in [-0.15, -0.1) is 0 Å². The van der Waals surface area contributed by atoms with E-state index in [2.05, 4.69) is 10.0 Å². The van der Waals surface area contributed by atoms with Gasteiger partial charge in [-0.1, -0.05) is 42.1 Å². The Balaban J connectivity index is 1.38. The number of hydrogen-bond donors (Lipinski definition) is 2. The zero-order valence-corrected chi connectivity index (χ0v) is 18.9. The largest absolute Gasteiger partial charge is 0.322 e. The van der Waals surface area contributed by atoms with Crippen molar-refractivity contribution in [2.75, 3.05) is 15.8 Å². The van der Waals surface area contributed by atoms with Crippen LogP contribution in [0.3, 0.4) is 0 Å². The summed E-state index contributed by atoms with van der Waals surface area (Å²) in [5.74, 6) is -0.453. The number of benzene rings is 3. The van der Waals surface area contributed by atoms with Gasteiger partial charge in [-0.2, -0.15) is 0 Å². The van der Waals surface area contributed by atoms with Crippen LogP contribution in [0.1, 0.15) is 15.9 Å². The molecule has 1 saturated heterocycles. The van der Waals surface area contributed by atoms with E-state index >= 15 is 0 Å². The first-order chi connectivity index (χ1) is 15.8. The van der Waals surface area contributed by atoms with Crippen LogP contribution < -0.4 is 10.0 Å². The number of para-hydroxylation sites is 1. The summed E-state index contributed by atoms with van der Waals surface area (Å²) in [6.45, 7) is 0.186. The van der Waals surface area contributed by atoms with Crippen LogP contribution >= 0.6 is 11.8 Å². The molecule has 0 atom stereocenters.